The van der Waals surface area contributed by atoms with Crippen LogP contribution in [0.5, 0.6) is 0 Å². The van der Waals surface area contributed by atoms with Gasteiger partial charge in [0.2, 0.25) is 0 Å². The highest BCUT2D eigenvalue weighted by Crippen LogP contribution is 2.20. The van der Waals surface area contributed by atoms with Gasteiger partial charge in [-0.05, 0) is 25.7 Å². The Bertz CT molecular complexity index is 374. The first-order valence-electron chi connectivity index (χ1n) is 11.6. The predicted molar refractivity (Wildman–Crippen MR) is 113 cm³/mol. The molecule has 1 rings (SSSR count). The summed E-state index contributed by atoms with van der Waals surface area (Å²) < 4.78 is 11.0. The first-order valence-corrected chi connectivity index (χ1v) is 11.6. The van der Waals surface area contributed by atoms with E-state index in [-0.39, 0.29) is 13.2 Å². The Morgan fingerprint density at radius 3 is 2.00 bits per heavy atom. The lowest BCUT2D eigenvalue weighted by molar-refractivity contribution is -0.101. The fraction of sp³-hybridized carbons (Fsp3) is 0.913. The number of allylic oxidation sites excluding steroid dienone is 2. The van der Waals surface area contributed by atoms with Crippen LogP contribution >= 0.6 is 0 Å². The number of hydrogen-bond donors (Lipinski definition) is 3. The summed E-state index contributed by atoms with van der Waals surface area (Å²) in [5, 5.41) is 28.8. The quantitative estimate of drug-likeness (QED) is 0.238. The van der Waals surface area contributed by atoms with Crippen LogP contribution in [0, 0.1) is 0 Å². The van der Waals surface area contributed by atoms with Crippen molar-refractivity contribution in [3.8, 4) is 0 Å². The van der Waals surface area contributed by atoms with Gasteiger partial charge in [-0.2, -0.15) is 0 Å². The first-order chi connectivity index (χ1) is 13.7. The molecule has 0 aromatic heterocycles. The van der Waals surface area contributed by atoms with E-state index in [1.165, 1.54) is 70.6 Å². The van der Waals surface area contributed by atoms with Crippen molar-refractivity contribution >= 4 is 0 Å². The van der Waals surface area contributed by atoms with Gasteiger partial charge >= 0.3 is 0 Å². The number of unbranched alkanes of at least 4 members (excludes halogenated alkanes) is 11. The SMILES string of the molecule is CCC/C=C/CCCCCCCCCCCCO[C@@H](CO)[C@H]1OC[C@@H](O)[C@H]1O. The summed E-state index contributed by atoms with van der Waals surface area (Å²) in [6, 6.07) is 0. The molecule has 1 aliphatic heterocycles. The molecule has 0 aromatic rings. The maximum absolute atomic E-state index is 9.82. The molecule has 5 heteroatoms. The highest BCUT2D eigenvalue weighted by Gasteiger charge is 2.40. The molecule has 1 fully saturated rings. The van der Waals surface area contributed by atoms with Gasteiger partial charge in [-0.25, -0.2) is 0 Å². The molecule has 166 valence electrons. The van der Waals surface area contributed by atoms with Crippen molar-refractivity contribution in [2.75, 3.05) is 19.8 Å². The van der Waals surface area contributed by atoms with E-state index in [2.05, 4.69) is 19.1 Å². The van der Waals surface area contributed by atoms with Crippen LogP contribution in [0.1, 0.15) is 90.4 Å². The summed E-state index contributed by atoms with van der Waals surface area (Å²) >= 11 is 0. The van der Waals surface area contributed by atoms with Gasteiger partial charge in [-0.15, -0.1) is 0 Å². The third kappa shape index (κ3) is 11.5. The average molecular weight is 401 g/mol. The second-order valence-electron chi connectivity index (χ2n) is 8.03. The molecule has 3 N–H and O–H groups in total. The lowest BCUT2D eigenvalue weighted by Crippen LogP contribution is -2.42. The number of aliphatic hydroxyl groups is 3. The van der Waals surface area contributed by atoms with Gasteiger partial charge in [-0.1, -0.05) is 76.9 Å². The van der Waals surface area contributed by atoms with E-state index < -0.39 is 24.4 Å². The van der Waals surface area contributed by atoms with Crippen LogP contribution in [0.2, 0.25) is 0 Å². The standard InChI is InChI=1S/C23H44O5/c1-2-3-4-5-6-7-8-9-10-11-12-13-14-15-16-17-27-21(18-24)23-22(26)20(25)19-28-23/h4-5,20-26H,2-3,6-19H2,1H3/b5-4+/t20-,21+,22-,23-/m1/s1. The van der Waals surface area contributed by atoms with Gasteiger partial charge in [0.1, 0.15) is 24.4 Å². The molecule has 1 aliphatic rings. The third-order valence-corrected chi connectivity index (χ3v) is 5.46. The highest BCUT2D eigenvalue weighted by atomic mass is 16.6. The van der Waals surface area contributed by atoms with Crippen molar-refractivity contribution in [2.45, 2.75) is 115 Å². The number of hydrogen-bond acceptors (Lipinski definition) is 5. The topological polar surface area (TPSA) is 79.2 Å². The molecule has 0 aromatic carbocycles. The Labute approximate surface area is 172 Å². The van der Waals surface area contributed by atoms with Gasteiger partial charge in [0, 0.05) is 6.61 Å². The van der Waals surface area contributed by atoms with E-state index in [0.29, 0.717) is 6.61 Å². The molecule has 0 bridgehead atoms. The summed E-state index contributed by atoms with van der Waals surface area (Å²) in [4.78, 5) is 0. The summed E-state index contributed by atoms with van der Waals surface area (Å²) in [7, 11) is 0. The molecular weight excluding hydrogens is 356 g/mol. The maximum atomic E-state index is 9.82. The van der Waals surface area contributed by atoms with Crippen molar-refractivity contribution in [1.29, 1.82) is 0 Å². The molecular formula is C23H44O5. The zero-order valence-corrected chi connectivity index (χ0v) is 17.9. The molecule has 0 radical (unpaired) electrons. The third-order valence-electron chi connectivity index (χ3n) is 5.46. The van der Waals surface area contributed by atoms with Crippen LogP contribution in [0.25, 0.3) is 0 Å². The fourth-order valence-corrected chi connectivity index (χ4v) is 3.62. The molecule has 0 aliphatic carbocycles. The summed E-state index contributed by atoms with van der Waals surface area (Å²) in [5.74, 6) is 0. The highest BCUT2D eigenvalue weighted by molar-refractivity contribution is 4.88. The normalized spacial score (nSPS) is 23.6. The number of rotatable bonds is 18. The van der Waals surface area contributed by atoms with Gasteiger partial charge < -0.3 is 24.8 Å². The van der Waals surface area contributed by atoms with E-state index in [9.17, 15) is 15.3 Å². The van der Waals surface area contributed by atoms with Gasteiger partial charge in [0.25, 0.3) is 0 Å². The minimum Gasteiger partial charge on any atom is -0.394 e. The Kier molecular flexibility index (Phi) is 15.9. The molecule has 5 nitrogen and oxygen atoms in total. The van der Waals surface area contributed by atoms with Crippen LogP contribution in [-0.2, 0) is 9.47 Å². The molecule has 0 spiro atoms. The van der Waals surface area contributed by atoms with Crippen LogP contribution in [0.3, 0.4) is 0 Å². The Balaban J connectivity index is 1.85. The van der Waals surface area contributed by atoms with Gasteiger partial charge in [0.15, 0.2) is 0 Å². The smallest absolute Gasteiger partial charge is 0.114 e. The van der Waals surface area contributed by atoms with Crippen molar-refractivity contribution in [3.63, 3.8) is 0 Å². The van der Waals surface area contributed by atoms with E-state index in [0.717, 1.165) is 12.8 Å². The lowest BCUT2D eigenvalue weighted by atomic mass is 10.1. The number of aliphatic hydroxyl groups excluding tert-OH is 3. The van der Waals surface area contributed by atoms with Crippen molar-refractivity contribution < 1.29 is 24.8 Å². The van der Waals surface area contributed by atoms with Crippen LogP contribution in [0.4, 0.5) is 0 Å². The predicted octanol–water partition coefficient (Wildman–Crippen LogP) is 4.13. The van der Waals surface area contributed by atoms with E-state index >= 15 is 0 Å². The first kappa shape index (κ1) is 25.6. The molecule has 1 heterocycles. The van der Waals surface area contributed by atoms with Gasteiger partial charge in [-0.3, -0.25) is 0 Å². The molecule has 28 heavy (non-hydrogen) atoms. The molecule has 4 atom stereocenters. The van der Waals surface area contributed by atoms with E-state index in [1.54, 1.807) is 0 Å². The minimum absolute atomic E-state index is 0.0989. The Morgan fingerprint density at radius 1 is 0.893 bits per heavy atom. The van der Waals surface area contributed by atoms with Crippen LogP contribution in [-0.4, -0.2) is 59.6 Å². The van der Waals surface area contributed by atoms with Crippen molar-refractivity contribution in [2.24, 2.45) is 0 Å². The maximum Gasteiger partial charge on any atom is 0.114 e. The second-order valence-corrected chi connectivity index (χ2v) is 8.03. The monoisotopic (exact) mass is 400 g/mol. The molecule has 0 unspecified atom stereocenters. The van der Waals surface area contributed by atoms with E-state index in [4.69, 9.17) is 9.47 Å². The van der Waals surface area contributed by atoms with Crippen LogP contribution in [0.15, 0.2) is 12.2 Å². The zero-order valence-electron chi connectivity index (χ0n) is 17.9. The average Bonchev–Trinajstić information content (AvgIpc) is 3.03. The fourth-order valence-electron chi connectivity index (χ4n) is 3.62. The number of ether oxygens (including phenoxy) is 2. The lowest BCUT2D eigenvalue weighted by Gasteiger charge is -2.24. The zero-order chi connectivity index (χ0) is 20.5. The Hall–Kier alpha value is -0.460. The van der Waals surface area contributed by atoms with Gasteiger partial charge in [0.05, 0.1) is 13.2 Å². The minimum atomic E-state index is -0.977. The van der Waals surface area contributed by atoms with E-state index in [1.807, 2.05) is 0 Å². The largest absolute Gasteiger partial charge is 0.394 e. The Morgan fingerprint density at radius 2 is 1.46 bits per heavy atom. The van der Waals surface area contributed by atoms with Crippen molar-refractivity contribution in [3.05, 3.63) is 12.2 Å². The second kappa shape index (κ2) is 17.4. The van der Waals surface area contributed by atoms with Crippen molar-refractivity contribution in [1.82, 2.24) is 0 Å². The molecule has 0 saturated carbocycles. The summed E-state index contributed by atoms with van der Waals surface area (Å²) in [6.07, 6.45) is 17.9. The molecule has 0 amide bonds. The molecule has 1 saturated heterocycles. The van der Waals surface area contributed by atoms with Crippen LogP contribution < -0.4 is 0 Å². The summed E-state index contributed by atoms with van der Waals surface area (Å²) in [5.41, 5.74) is 0. The summed E-state index contributed by atoms with van der Waals surface area (Å²) in [6.45, 7) is 2.67.